The maximum absolute atomic E-state index is 13.2. The van der Waals surface area contributed by atoms with Crippen LogP contribution in [0, 0.1) is 5.82 Å². The zero-order valence-electron chi connectivity index (χ0n) is 15.5. The zero-order valence-corrected chi connectivity index (χ0v) is 19.4. The van der Waals surface area contributed by atoms with Crippen molar-refractivity contribution in [3.8, 4) is 0 Å². The van der Waals surface area contributed by atoms with Gasteiger partial charge in [-0.2, -0.15) is 17.5 Å². The van der Waals surface area contributed by atoms with Crippen LogP contribution in [0.4, 0.5) is 17.6 Å². The Morgan fingerprint density at radius 2 is 1.93 bits per heavy atom. The summed E-state index contributed by atoms with van der Waals surface area (Å²) in [5, 5.41) is 6.09. The van der Waals surface area contributed by atoms with Crippen LogP contribution in [-0.4, -0.2) is 49.9 Å². The van der Waals surface area contributed by atoms with E-state index in [4.69, 9.17) is 11.6 Å². The second-order valence-corrected chi connectivity index (χ2v) is 8.55. The summed E-state index contributed by atoms with van der Waals surface area (Å²) in [4.78, 5) is 4.36. The quantitative estimate of drug-likeness (QED) is 0.245. The van der Waals surface area contributed by atoms with Crippen LogP contribution >= 0.6 is 35.6 Å². The van der Waals surface area contributed by atoms with Crippen molar-refractivity contribution in [2.75, 3.05) is 19.6 Å². The lowest BCUT2D eigenvalue weighted by molar-refractivity contribution is -0.0494. The topological polar surface area (TPSA) is 73.8 Å². The second-order valence-electron chi connectivity index (χ2n) is 6.21. The fourth-order valence-corrected chi connectivity index (χ4v) is 3.90. The molecule has 1 saturated heterocycles. The van der Waals surface area contributed by atoms with Gasteiger partial charge >= 0.3 is 15.5 Å². The highest BCUT2D eigenvalue weighted by molar-refractivity contribution is 14.0. The molecule has 0 aliphatic carbocycles. The van der Waals surface area contributed by atoms with E-state index in [0.29, 0.717) is 22.4 Å². The lowest BCUT2D eigenvalue weighted by Gasteiger charge is -2.32. The molecule has 0 unspecified atom stereocenters. The smallest absolute Gasteiger partial charge is 0.357 e. The predicted octanol–water partition coefficient (Wildman–Crippen LogP) is 3.47. The van der Waals surface area contributed by atoms with Gasteiger partial charge in [-0.1, -0.05) is 17.7 Å². The first-order valence-electron chi connectivity index (χ1n) is 8.59. The van der Waals surface area contributed by atoms with Crippen LogP contribution < -0.4 is 10.6 Å². The molecule has 166 valence electrons. The molecule has 0 amide bonds. The van der Waals surface area contributed by atoms with E-state index in [1.54, 1.807) is 6.07 Å². The van der Waals surface area contributed by atoms with E-state index in [9.17, 15) is 26.0 Å². The number of hydrogen-bond donors (Lipinski definition) is 2. The highest BCUT2D eigenvalue weighted by Crippen LogP contribution is 2.29. The van der Waals surface area contributed by atoms with Crippen molar-refractivity contribution in [3.05, 3.63) is 34.6 Å². The van der Waals surface area contributed by atoms with Crippen LogP contribution in [0.5, 0.6) is 0 Å². The minimum Gasteiger partial charge on any atom is -0.357 e. The van der Waals surface area contributed by atoms with Gasteiger partial charge in [0.25, 0.3) is 0 Å². The molecule has 1 heterocycles. The van der Waals surface area contributed by atoms with Gasteiger partial charge in [0.15, 0.2) is 5.96 Å². The Morgan fingerprint density at radius 3 is 2.45 bits per heavy atom. The Hall–Kier alpha value is -0.860. The van der Waals surface area contributed by atoms with Gasteiger partial charge in [0.1, 0.15) is 5.82 Å². The molecule has 0 radical (unpaired) electrons. The van der Waals surface area contributed by atoms with E-state index in [0.717, 1.165) is 0 Å². The summed E-state index contributed by atoms with van der Waals surface area (Å²) < 4.78 is 74.5. The van der Waals surface area contributed by atoms with E-state index in [-0.39, 0.29) is 67.5 Å². The number of alkyl halides is 3. The molecule has 1 aromatic rings. The molecule has 2 rings (SSSR count). The van der Waals surface area contributed by atoms with Gasteiger partial charge in [-0.3, -0.25) is 0 Å². The van der Waals surface area contributed by atoms with Crippen molar-refractivity contribution in [2.24, 2.45) is 4.99 Å². The van der Waals surface area contributed by atoms with Gasteiger partial charge in [-0.05, 0) is 37.5 Å². The summed E-state index contributed by atoms with van der Waals surface area (Å²) >= 11 is 5.74. The molecule has 1 aliphatic heterocycles. The number of aliphatic imine (C=N–C) groups is 1. The van der Waals surface area contributed by atoms with E-state index in [1.165, 1.54) is 12.1 Å². The maximum Gasteiger partial charge on any atom is 0.511 e. The van der Waals surface area contributed by atoms with Gasteiger partial charge in [-0.25, -0.2) is 17.8 Å². The van der Waals surface area contributed by atoms with E-state index in [2.05, 4.69) is 15.6 Å². The molecule has 1 fully saturated rings. The number of nitrogens with one attached hydrogen (secondary N) is 2. The summed E-state index contributed by atoms with van der Waals surface area (Å²) in [6.45, 7) is 2.16. The van der Waals surface area contributed by atoms with Gasteiger partial charge < -0.3 is 10.6 Å². The lowest BCUT2D eigenvalue weighted by Crippen LogP contribution is -2.51. The first kappa shape index (κ1) is 26.2. The minimum absolute atomic E-state index is 0. The maximum atomic E-state index is 13.2. The largest absolute Gasteiger partial charge is 0.511 e. The Labute approximate surface area is 189 Å². The first-order chi connectivity index (χ1) is 13.0. The van der Waals surface area contributed by atoms with Crippen molar-refractivity contribution in [1.29, 1.82) is 0 Å². The molecule has 1 aliphatic rings. The number of piperidine rings is 1. The number of guanidine groups is 1. The fourth-order valence-electron chi connectivity index (χ4n) is 2.71. The van der Waals surface area contributed by atoms with Gasteiger partial charge in [-0.15, -0.1) is 24.0 Å². The van der Waals surface area contributed by atoms with Crippen molar-refractivity contribution in [2.45, 2.75) is 37.9 Å². The highest BCUT2D eigenvalue weighted by atomic mass is 127. The molecule has 6 nitrogen and oxygen atoms in total. The van der Waals surface area contributed by atoms with Gasteiger partial charge in [0.05, 0.1) is 11.6 Å². The fraction of sp³-hybridized carbons (Fsp3) is 0.562. The molecule has 0 spiro atoms. The van der Waals surface area contributed by atoms with Crippen LogP contribution in [0.2, 0.25) is 5.02 Å². The van der Waals surface area contributed by atoms with Gasteiger partial charge in [0.2, 0.25) is 0 Å². The summed E-state index contributed by atoms with van der Waals surface area (Å²) in [5.41, 5.74) is -4.60. The van der Waals surface area contributed by atoms with Crippen molar-refractivity contribution < 1.29 is 26.0 Å². The number of rotatable bonds is 5. The highest BCUT2D eigenvalue weighted by Gasteiger charge is 2.50. The standard InChI is InChI=1S/C16H21ClF4N4O2S.HI/c1-2-22-15(23-10-11-3-4-14(18)13(17)9-11)24-12-5-7-25(8-6-12)28(26,27)16(19,20)21;/h3-4,9,12H,2,5-8,10H2,1H3,(H2,22,23,24);1H. The zero-order chi connectivity index (χ0) is 20.9. The van der Waals surface area contributed by atoms with Crippen molar-refractivity contribution in [3.63, 3.8) is 0 Å². The number of hydrogen-bond acceptors (Lipinski definition) is 3. The average molecular weight is 573 g/mol. The van der Waals surface area contributed by atoms with Crippen LogP contribution in [0.25, 0.3) is 0 Å². The lowest BCUT2D eigenvalue weighted by atomic mass is 10.1. The van der Waals surface area contributed by atoms with Crippen molar-refractivity contribution in [1.82, 2.24) is 14.9 Å². The Bertz CT molecular complexity index is 816. The third-order valence-corrected chi connectivity index (χ3v) is 6.09. The third-order valence-electron chi connectivity index (χ3n) is 4.18. The van der Waals surface area contributed by atoms with Gasteiger partial charge in [0, 0.05) is 25.7 Å². The summed E-state index contributed by atoms with van der Waals surface area (Å²) in [6.07, 6.45) is 0.421. The molecule has 0 aromatic heterocycles. The molecule has 0 bridgehead atoms. The number of benzene rings is 1. The molecule has 1 aromatic carbocycles. The summed E-state index contributed by atoms with van der Waals surface area (Å²) in [5.74, 6) is -0.0972. The number of halogens is 6. The van der Waals surface area contributed by atoms with Crippen LogP contribution in [0.15, 0.2) is 23.2 Å². The van der Waals surface area contributed by atoms with Crippen LogP contribution in [0.3, 0.4) is 0 Å². The second kappa shape index (κ2) is 11.0. The van der Waals surface area contributed by atoms with Crippen molar-refractivity contribution >= 4 is 51.6 Å². The molecule has 13 heteroatoms. The third kappa shape index (κ3) is 7.10. The number of sulfonamides is 1. The molecular weight excluding hydrogens is 551 g/mol. The average Bonchev–Trinajstić information content (AvgIpc) is 2.62. The summed E-state index contributed by atoms with van der Waals surface area (Å²) in [7, 11) is -5.30. The SMILES string of the molecule is CCNC(=NCc1ccc(F)c(Cl)c1)NC1CCN(S(=O)(=O)C(F)(F)F)CC1.I. The Balaban J connectivity index is 0.00000420. The molecule has 29 heavy (non-hydrogen) atoms. The minimum atomic E-state index is -5.30. The summed E-state index contributed by atoms with van der Waals surface area (Å²) in [6, 6.07) is 4.03. The van der Waals surface area contributed by atoms with E-state index in [1.807, 2.05) is 6.92 Å². The van der Waals surface area contributed by atoms with E-state index >= 15 is 0 Å². The molecule has 0 saturated carbocycles. The first-order valence-corrected chi connectivity index (χ1v) is 10.4. The van der Waals surface area contributed by atoms with Crippen LogP contribution in [-0.2, 0) is 16.6 Å². The van der Waals surface area contributed by atoms with E-state index < -0.39 is 21.3 Å². The molecule has 0 atom stereocenters. The Morgan fingerprint density at radius 1 is 1.31 bits per heavy atom. The molecule has 2 N–H and O–H groups in total. The number of nitrogens with zero attached hydrogens (tertiary/aromatic N) is 2. The Kier molecular flexibility index (Phi) is 9.89. The predicted molar refractivity (Wildman–Crippen MR) is 114 cm³/mol. The normalized spacial score (nSPS) is 17.0. The van der Waals surface area contributed by atoms with Crippen LogP contribution in [0.1, 0.15) is 25.3 Å². The monoisotopic (exact) mass is 572 g/mol. The molecular formula is C16H22ClF4IN4O2S.